The molecule has 0 saturated heterocycles. The molecule has 5 nitrogen and oxygen atoms in total. The summed E-state index contributed by atoms with van der Waals surface area (Å²) in [5, 5.41) is 8.74. The Morgan fingerprint density at radius 1 is 1.21 bits per heavy atom. The monoisotopic (exact) mass is 259 g/mol. The van der Waals surface area contributed by atoms with Crippen molar-refractivity contribution >= 4 is 11.9 Å². The van der Waals surface area contributed by atoms with E-state index in [9.17, 15) is 9.59 Å². The fourth-order valence-electron chi connectivity index (χ4n) is 2.35. The fourth-order valence-corrected chi connectivity index (χ4v) is 2.35. The van der Waals surface area contributed by atoms with Crippen molar-refractivity contribution in [2.45, 2.75) is 12.3 Å². The van der Waals surface area contributed by atoms with E-state index in [0.717, 1.165) is 5.56 Å². The first kappa shape index (κ1) is 13.1. The molecular formula is C14H13NO4. The summed E-state index contributed by atoms with van der Waals surface area (Å²) in [5.41, 5.74) is 0.137. The molecule has 1 fully saturated rings. The van der Waals surface area contributed by atoms with Crippen molar-refractivity contribution in [3.63, 3.8) is 0 Å². The third-order valence-electron chi connectivity index (χ3n) is 3.50. The maximum absolute atomic E-state index is 11.8. The summed E-state index contributed by atoms with van der Waals surface area (Å²) in [6, 6.07) is 8.83. The topological polar surface area (TPSA) is 76.4 Å². The Bertz CT molecular complexity index is 540. The molecular weight excluding hydrogens is 246 g/mol. The van der Waals surface area contributed by atoms with Crippen molar-refractivity contribution in [2.24, 2.45) is 5.41 Å². The van der Waals surface area contributed by atoms with Gasteiger partial charge in [-0.1, -0.05) is 12.1 Å². The standard InChI is InChI=1S/C14H13NO4/c1-18-12(16)14(13(17)19-2)7-11(14)10-5-3-9(8-15)4-6-10/h3-6,11H,7H2,1-2H3/t11-/m1/s1. The van der Waals surface area contributed by atoms with Crippen LogP contribution in [0.25, 0.3) is 0 Å². The average Bonchev–Trinajstić information content (AvgIpc) is 3.22. The Morgan fingerprint density at radius 2 is 1.74 bits per heavy atom. The molecule has 0 aliphatic heterocycles. The first-order valence-electron chi connectivity index (χ1n) is 5.77. The summed E-state index contributed by atoms with van der Waals surface area (Å²) in [6.07, 6.45) is 0.373. The first-order chi connectivity index (χ1) is 9.09. The minimum Gasteiger partial charge on any atom is -0.468 e. The van der Waals surface area contributed by atoms with Gasteiger partial charge in [0.2, 0.25) is 0 Å². The van der Waals surface area contributed by atoms with Gasteiger partial charge in [0.25, 0.3) is 0 Å². The number of nitrogens with zero attached hydrogens (tertiary/aromatic N) is 1. The number of nitriles is 1. The number of rotatable bonds is 3. The van der Waals surface area contributed by atoms with Crippen molar-refractivity contribution in [3.05, 3.63) is 35.4 Å². The fraction of sp³-hybridized carbons (Fsp3) is 0.357. The quantitative estimate of drug-likeness (QED) is 0.605. The van der Waals surface area contributed by atoms with Crippen LogP contribution >= 0.6 is 0 Å². The maximum atomic E-state index is 11.8. The highest BCUT2D eigenvalue weighted by molar-refractivity contribution is 6.05. The number of ether oxygens (including phenoxy) is 2. The zero-order chi connectivity index (χ0) is 14.0. The number of hydrogen-bond donors (Lipinski definition) is 0. The molecule has 0 amide bonds. The molecule has 1 aliphatic carbocycles. The van der Waals surface area contributed by atoms with E-state index in [0.29, 0.717) is 12.0 Å². The molecule has 1 atom stereocenters. The summed E-state index contributed by atoms with van der Waals surface area (Å²) in [7, 11) is 2.50. The lowest BCUT2D eigenvalue weighted by Gasteiger charge is -2.12. The van der Waals surface area contributed by atoms with Crippen LogP contribution in [0.15, 0.2) is 24.3 Å². The molecule has 0 aromatic heterocycles. The van der Waals surface area contributed by atoms with Gasteiger partial charge in [0, 0.05) is 5.92 Å². The van der Waals surface area contributed by atoms with Crippen LogP contribution in [0.5, 0.6) is 0 Å². The van der Waals surface area contributed by atoms with Gasteiger partial charge in [-0.05, 0) is 24.1 Å². The van der Waals surface area contributed by atoms with Crippen LogP contribution in [0.2, 0.25) is 0 Å². The van der Waals surface area contributed by atoms with Gasteiger partial charge in [-0.25, -0.2) is 0 Å². The zero-order valence-corrected chi connectivity index (χ0v) is 10.7. The van der Waals surface area contributed by atoms with Crippen LogP contribution in [0.1, 0.15) is 23.5 Å². The molecule has 1 aromatic carbocycles. The molecule has 0 unspecified atom stereocenters. The third kappa shape index (κ3) is 1.95. The molecule has 98 valence electrons. The Balaban J connectivity index is 2.30. The van der Waals surface area contributed by atoms with Crippen LogP contribution in [-0.2, 0) is 19.1 Å². The van der Waals surface area contributed by atoms with Gasteiger partial charge >= 0.3 is 11.9 Å². The SMILES string of the molecule is COC(=O)C1(C(=O)OC)C[C@@H]1c1ccc(C#N)cc1. The normalized spacial score (nSPS) is 19.1. The van der Waals surface area contributed by atoms with E-state index in [-0.39, 0.29) is 5.92 Å². The highest BCUT2D eigenvalue weighted by Gasteiger charge is 2.68. The molecule has 2 rings (SSSR count). The third-order valence-corrected chi connectivity index (χ3v) is 3.50. The van der Waals surface area contributed by atoms with E-state index < -0.39 is 17.4 Å². The molecule has 0 bridgehead atoms. The van der Waals surface area contributed by atoms with Gasteiger partial charge < -0.3 is 9.47 Å². The van der Waals surface area contributed by atoms with Crippen molar-refractivity contribution < 1.29 is 19.1 Å². The van der Waals surface area contributed by atoms with Crippen molar-refractivity contribution in [3.8, 4) is 6.07 Å². The first-order valence-corrected chi connectivity index (χ1v) is 5.77. The summed E-state index contributed by atoms with van der Waals surface area (Å²) in [5.74, 6) is -1.40. The van der Waals surface area contributed by atoms with Gasteiger partial charge in [0.05, 0.1) is 25.9 Å². The number of benzene rings is 1. The number of hydrogen-bond acceptors (Lipinski definition) is 5. The Labute approximate surface area is 110 Å². The van der Waals surface area contributed by atoms with E-state index in [4.69, 9.17) is 14.7 Å². The Hall–Kier alpha value is -2.35. The van der Waals surface area contributed by atoms with Crippen LogP contribution in [0.4, 0.5) is 0 Å². The Kier molecular flexibility index (Phi) is 3.26. The van der Waals surface area contributed by atoms with Crippen LogP contribution in [-0.4, -0.2) is 26.2 Å². The van der Waals surface area contributed by atoms with E-state index >= 15 is 0 Å². The van der Waals surface area contributed by atoms with Gasteiger partial charge in [-0.15, -0.1) is 0 Å². The van der Waals surface area contributed by atoms with Gasteiger partial charge in [-0.3, -0.25) is 9.59 Å². The Morgan fingerprint density at radius 3 is 2.16 bits per heavy atom. The minimum atomic E-state index is -1.22. The highest BCUT2D eigenvalue weighted by Crippen LogP contribution is 2.60. The van der Waals surface area contributed by atoms with E-state index in [1.54, 1.807) is 24.3 Å². The smallest absolute Gasteiger partial charge is 0.323 e. The number of methoxy groups -OCH3 is 2. The number of carbonyl (C=O) groups excluding carboxylic acids is 2. The second kappa shape index (κ2) is 4.73. The molecule has 0 heterocycles. The van der Waals surface area contributed by atoms with Crippen LogP contribution in [0.3, 0.4) is 0 Å². The van der Waals surface area contributed by atoms with E-state index in [1.165, 1.54) is 14.2 Å². The second-order valence-electron chi connectivity index (χ2n) is 4.45. The van der Waals surface area contributed by atoms with E-state index in [1.807, 2.05) is 6.07 Å². The summed E-state index contributed by atoms with van der Waals surface area (Å²) < 4.78 is 9.41. The summed E-state index contributed by atoms with van der Waals surface area (Å²) in [4.78, 5) is 23.7. The van der Waals surface area contributed by atoms with Crippen molar-refractivity contribution in [2.75, 3.05) is 14.2 Å². The van der Waals surface area contributed by atoms with E-state index in [2.05, 4.69) is 0 Å². The lowest BCUT2D eigenvalue weighted by Crippen LogP contribution is -2.30. The summed E-state index contributed by atoms with van der Waals surface area (Å²) in [6.45, 7) is 0. The second-order valence-corrected chi connectivity index (χ2v) is 4.45. The predicted octanol–water partition coefficient (Wildman–Crippen LogP) is 1.38. The molecule has 5 heteroatoms. The van der Waals surface area contributed by atoms with Gasteiger partial charge in [-0.2, -0.15) is 5.26 Å². The molecule has 0 N–H and O–H groups in total. The molecule has 1 saturated carbocycles. The van der Waals surface area contributed by atoms with Crippen LogP contribution < -0.4 is 0 Å². The molecule has 1 aliphatic rings. The maximum Gasteiger partial charge on any atom is 0.323 e. The lowest BCUT2D eigenvalue weighted by molar-refractivity contribution is -0.161. The number of esters is 2. The molecule has 1 aromatic rings. The minimum absolute atomic E-state index is 0.250. The van der Waals surface area contributed by atoms with Crippen molar-refractivity contribution in [1.82, 2.24) is 0 Å². The van der Waals surface area contributed by atoms with Crippen LogP contribution in [0, 0.1) is 16.7 Å². The van der Waals surface area contributed by atoms with Gasteiger partial charge in [0.15, 0.2) is 5.41 Å². The molecule has 0 radical (unpaired) electrons. The lowest BCUT2D eigenvalue weighted by atomic mass is 9.98. The molecule has 0 spiro atoms. The van der Waals surface area contributed by atoms with Gasteiger partial charge in [0.1, 0.15) is 0 Å². The average molecular weight is 259 g/mol. The number of carbonyl (C=O) groups is 2. The van der Waals surface area contributed by atoms with Crippen molar-refractivity contribution in [1.29, 1.82) is 5.26 Å². The molecule has 19 heavy (non-hydrogen) atoms. The zero-order valence-electron chi connectivity index (χ0n) is 10.7. The summed E-state index contributed by atoms with van der Waals surface area (Å²) >= 11 is 0. The highest BCUT2D eigenvalue weighted by atomic mass is 16.5. The largest absolute Gasteiger partial charge is 0.468 e. The predicted molar refractivity (Wildman–Crippen MR) is 65.0 cm³/mol.